The number of hydrogen-bond donors (Lipinski definition) is 0. The van der Waals surface area contributed by atoms with Crippen molar-refractivity contribution in [3.05, 3.63) is 38.9 Å². The Bertz CT molecular complexity index is 907. The van der Waals surface area contributed by atoms with Gasteiger partial charge in [0.05, 0.1) is 5.57 Å². The summed E-state index contributed by atoms with van der Waals surface area (Å²) in [5.41, 5.74) is -1.20. The van der Waals surface area contributed by atoms with E-state index in [4.69, 9.17) is 9.47 Å². The van der Waals surface area contributed by atoms with Crippen LogP contribution in [0.3, 0.4) is 0 Å². The average molecular weight is 523 g/mol. The number of halogens is 6. The highest BCUT2D eigenvalue weighted by Gasteiger charge is 2.49. The van der Waals surface area contributed by atoms with Gasteiger partial charge in [-0.05, 0) is 30.7 Å². The molecule has 1 heterocycles. The molecular formula is C17H15F6NO7S2. The van der Waals surface area contributed by atoms with Gasteiger partial charge in [0, 0.05) is 17.1 Å². The van der Waals surface area contributed by atoms with Crippen molar-refractivity contribution in [1.29, 1.82) is 0 Å². The van der Waals surface area contributed by atoms with Crippen molar-refractivity contribution in [3.63, 3.8) is 0 Å². The number of esters is 1. The standard InChI is InChI=1S/C17H15F6NO7S2/c1-9-6-11(31-17(21,22)23)7-10-8-12(14(16(18,19)20)30-13(9)10)15(25)28-2-4-32-33-5-3-29-24(26)27/h6-8,14H,2-5H2,1H3/t14-/m0/s1. The number of aryl methyl sites for hydroxylation is 1. The molecule has 1 aliphatic heterocycles. The molecule has 184 valence electrons. The number of alkyl halides is 6. The van der Waals surface area contributed by atoms with Gasteiger partial charge in [0.15, 0.2) is 0 Å². The maximum atomic E-state index is 13.5. The van der Waals surface area contributed by atoms with Crippen molar-refractivity contribution in [1.82, 2.24) is 0 Å². The molecular weight excluding hydrogens is 508 g/mol. The average Bonchev–Trinajstić information content (AvgIpc) is 2.66. The molecule has 16 heteroatoms. The van der Waals surface area contributed by atoms with Crippen molar-refractivity contribution < 1.29 is 55.3 Å². The van der Waals surface area contributed by atoms with E-state index < -0.39 is 41.0 Å². The fourth-order valence-electron chi connectivity index (χ4n) is 2.58. The summed E-state index contributed by atoms with van der Waals surface area (Å²) < 4.78 is 91.5. The Morgan fingerprint density at radius 3 is 2.36 bits per heavy atom. The summed E-state index contributed by atoms with van der Waals surface area (Å²) in [5.74, 6) is -1.99. The molecule has 0 aliphatic carbocycles. The Morgan fingerprint density at radius 2 is 1.79 bits per heavy atom. The third kappa shape index (κ3) is 8.42. The van der Waals surface area contributed by atoms with E-state index in [1.54, 1.807) is 0 Å². The number of hydrogen-bond acceptors (Lipinski definition) is 9. The van der Waals surface area contributed by atoms with Gasteiger partial charge in [0.1, 0.15) is 24.7 Å². The van der Waals surface area contributed by atoms with Crippen LogP contribution in [0.1, 0.15) is 11.1 Å². The van der Waals surface area contributed by atoms with E-state index in [0.29, 0.717) is 0 Å². The molecule has 0 unspecified atom stereocenters. The predicted octanol–water partition coefficient (Wildman–Crippen LogP) is 4.73. The second kappa shape index (κ2) is 11.1. The lowest BCUT2D eigenvalue weighted by Crippen LogP contribution is -2.41. The second-order valence-electron chi connectivity index (χ2n) is 6.18. The Morgan fingerprint density at radius 1 is 1.15 bits per heavy atom. The molecule has 8 nitrogen and oxygen atoms in total. The van der Waals surface area contributed by atoms with Crippen molar-refractivity contribution in [2.45, 2.75) is 25.6 Å². The number of nitrogens with zero attached hydrogens (tertiary/aromatic N) is 1. The van der Waals surface area contributed by atoms with E-state index in [1.165, 1.54) is 6.92 Å². The fourth-order valence-corrected chi connectivity index (χ4v) is 4.22. The van der Waals surface area contributed by atoms with Crippen LogP contribution < -0.4 is 9.47 Å². The van der Waals surface area contributed by atoms with Crippen LogP contribution in [0.4, 0.5) is 26.3 Å². The topological polar surface area (TPSA) is 97.1 Å². The molecule has 0 N–H and O–H groups in total. The minimum Gasteiger partial charge on any atom is -0.475 e. The molecule has 0 amide bonds. The Labute approximate surface area is 190 Å². The molecule has 33 heavy (non-hydrogen) atoms. The second-order valence-corrected chi connectivity index (χ2v) is 8.88. The van der Waals surface area contributed by atoms with Crippen LogP contribution in [0.15, 0.2) is 17.7 Å². The normalized spacial score (nSPS) is 15.7. The Hall–Kier alpha value is -2.49. The van der Waals surface area contributed by atoms with E-state index >= 15 is 0 Å². The van der Waals surface area contributed by atoms with Gasteiger partial charge in [0.25, 0.3) is 5.09 Å². The summed E-state index contributed by atoms with van der Waals surface area (Å²) in [7, 11) is 2.29. The van der Waals surface area contributed by atoms with Gasteiger partial charge in [-0.3, -0.25) is 0 Å². The smallest absolute Gasteiger partial charge is 0.475 e. The summed E-state index contributed by atoms with van der Waals surface area (Å²) in [5, 5.41) is 9.03. The first-order chi connectivity index (χ1) is 15.3. The zero-order chi connectivity index (χ0) is 24.8. The number of carbonyl (C=O) groups excluding carboxylic acids is 1. The number of benzene rings is 1. The minimum absolute atomic E-state index is 0.0563. The van der Waals surface area contributed by atoms with Crippen LogP contribution >= 0.6 is 21.6 Å². The first-order valence-corrected chi connectivity index (χ1v) is 11.3. The summed E-state index contributed by atoms with van der Waals surface area (Å²) in [6.45, 7) is 0.774. The van der Waals surface area contributed by atoms with Crippen LogP contribution in [0.25, 0.3) is 6.08 Å². The number of carbonyl (C=O) groups is 1. The fraction of sp³-hybridized carbons (Fsp3) is 0.471. The zero-order valence-corrected chi connectivity index (χ0v) is 18.2. The third-order valence-electron chi connectivity index (χ3n) is 3.72. The lowest BCUT2D eigenvalue weighted by atomic mass is 9.99. The molecule has 1 aromatic carbocycles. The van der Waals surface area contributed by atoms with E-state index in [1.807, 2.05) is 0 Å². The highest BCUT2D eigenvalue weighted by atomic mass is 33.1. The molecule has 1 aliphatic rings. The first-order valence-electron chi connectivity index (χ1n) is 8.82. The molecule has 1 atom stereocenters. The largest absolute Gasteiger partial charge is 0.573 e. The van der Waals surface area contributed by atoms with Crippen molar-refractivity contribution >= 4 is 33.6 Å². The molecule has 0 saturated carbocycles. The SMILES string of the molecule is Cc1cc(OC(F)(F)F)cc2c1O[C@H](C(F)(F)F)C(C(=O)OCCSSCCO[N+](=O)[O-])=C2. The van der Waals surface area contributed by atoms with Gasteiger partial charge in [-0.25, -0.2) is 4.79 Å². The van der Waals surface area contributed by atoms with Gasteiger partial charge >= 0.3 is 18.5 Å². The van der Waals surface area contributed by atoms with E-state index in [2.05, 4.69) is 9.57 Å². The number of ether oxygens (including phenoxy) is 3. The monoisotopic (exact) mass is 523 g/mol. The summed E-state index contributed by atoms with van der Waals surface area (Å²) in [6, 6.07) is 1.66. The van der Waals surface area contributed by atoms with Crippen molar-refractivity contribution in [3.8, 4) is 11.5 Å². The van der Waals surface area contributed by atoms with Crippen LogP contribution in [0.5, 0.6) is 11.5 Å². The maximum absolute atomic E-state index is 13.5. The molecule has 0 spiro atoms. The van der Waals surface area contributed by atoms with Gasteiger partial charge in [-0.2, -0.15) is 13.2 Å². The molecule has 0 radical (unpaired) electrons. The van der Waals surface area contributed by atoms with E-state index in [-0.39, 0.29) is 41.6 Å². The maximum Gasteiger partial charge on any atom is 0.573 e. The zero-order valence-electron chi connectivity index (χ0n) is 16.5. The number of rotatable bonds is 10. The van der Waals surface area contributed by atoms with Crippen LogP contribution in [0.2, 0.25) is 0 Å². The van der Waals surface area contributed by atoms with Crippen LogP contribution in [0, 0.1) is 17.0 Å². The molecule has 0 fully saturated rings. The molecule has 0 bridgehead atoms. The van der Waals surface area contributed by atoms with Crippen molar-refractivity contribution in [2.75, 3.05) is 24.7 Å². The third-order valence-corrected chi connectivity index (χ3v) is 6.05. The first kappa shape index (κ1) is 26.8. The lowest BCUT2D eigenvalue weighted by Gasteiger charge is -2.29. The Balaban J connectivity index is 2.09. The van der Waals surface area contributed by atoms with Crippen LogP contribution in [-0.2, 0) is 14.4 Å². The molecule has 2 rings (SSSR count). The highest BCUT2D eigenvalue weighted by molar-refractivity contribution is 8.76. The Kier molecular flexibility index (Phi) is 8.99. The predicted molar refractivity (Wildman–Crippen MR) is 105 cm³/mol. The van der Waals surface area contributed by atoms with Crippen molar-refractivity contribution in [2.24, 2.45) is 0 Å². The molecule has 0 saturated heterocycles. The molecule has 0 aromatic heterocycles. The van der Waals surface area contributed by atoms with Gasteiger partial charge in [0.2, 0.25) is 6.10 Å². The van der Waals surface area contributed by atoms with E-state index in [0.717, 1.165) is 39.8 Å². The van der Waals surface area contributed by atoms with Gasteiger partial charge in [-0.1, -0.05) is 21.6 Å². The molecule has 1 aromatic rings. The quantitative estimate of drug-likeness (QED) is 0.108. The lowest BCUT2D eigenvalue weighted by molar-refractivity contribution is -0.756. The van der Waals surface area contributed by atoms with Gasteiger partial charge < -0.3 is 19.0 Å². The van der Waals surface area contributed by atoms with Crippen LogP contribution in [-0.4, -0.2) is 54.4 Å². The van der Waals surface area contributed by atoms with E-state index in [9.17, 15) is 41.3 Å². The minimum atomic E-state index is -5.03. The summed E-state index contributed by atoms with van der Waals surface area (Å²) in [4.78, 5) is 26.4. The summed E-state index contributed by atoms with van der Waals surface area (Å²) >= 11 is 0. The summed E-state index contributed by atoms with van der Waals surface area (Å²) in [6.07, 6.45) is -11.9. The van der Waals surface area contributed by atoms with Gasteiger partial charge in [-0.15, -0.1) is 23.3 Å². The highest BCUT2D eigenvalue weighted by Crippen LogP contribution is 2.41. The number of fused-ring (bicyclic) bond motifs is 1.